The van der Waals surface area contributed by atoms with E-state index in [0.717, 1.165) is 17.0 Å². The van der Waals surface area contributed by atoms with Gasteiger partial charge in [0.2, 0.25) is 0 Å². The predicted molar refractivity (Wildman–Crippen MR) is 69.3 cm³/mol. The number of carbonyl (C=O) groups is 2. The average molecular weight is 277 g/mol. The Bertz CT molecular complexity index is 583. The zero-order valence-corrected chi connectivity index (χ0v) is 10.7. The van der Waals surface area contributed by atoms with Crippen LogP contribution in [0.25, 0.3) is 0 Å². The molecule has 0 aromatic carbocycles. The Labute approximate surface area is 113 Å². The van der Waals surface area contributed by atoms with E-state index >= 15 is 0 Å². The number of aromatic nitrogens is 2. The molecule has 2 aromatic rings. The number of carboxylic acid groups (broad SMARTS) is 1. The summed E-state index contributed by atoms with van der Waals surface area (Å²) in [4.78, 5) is 30.2. The lowest BCUT2D eigenvalue weighted by Gasteiger charge is -2.02. The fraction of sp³-hybridized carbons (Fsp3) is 0.167. The highest BCUT2D eigenvalue weighted by atomic mass is 32.1. The van der Waals surface area contributed by atoms with Gasteiger partial charge in [0.25, 0.3) is 5.91 Å². The molecule has 1 amide bonds. The largest absolute Gasteiger partial charge is 0.476 e. The molecule has 0 radical (unpaired) electrons. The van der Waals surface area contributed by atoms with Gasteiger partial charge in [-0.1, -0.05) is 6.07 Å². The Morgan fingerprint density at radius 2 is 2.21 bits per heavy atom. The normalized spacial score (nSPS) is 10.1. The number of nitrogens with one attached hydrogen (secondary N) is 1. The van der Waals surface area contributed by atoms with Gasteiger partial charge in [0, 0.05) is 30.2 Å². The Morgan fingerprint density at radius 1 is 1.37 bits per heavy atom. The lowest BCUT2D eigenvalue weighted by Crippen LogP contribution is -2.25. The van der Waals surface area contributed by atoms with Crippen LogP contribution in [0.3, 0.4) is 0 Å². The summed E-state index contributed by atoms with van der Waals surface area (Å²) in [6.07, 6.45) is 2.31. The van der Waals surface area contributed by atoms with Crippen molar-refractivity contribution in [2.75, 3.05) is 6.54 Å². The van der Waals surface area contributed by atoms with Crippen molar-refractivity contribution < 1.29 is 14.7 Å². The first-order chi connectivity index (χ1) is 9.16. The number of nitrogens with zero attached hydrogens (tertiary/aromatic N) is 2. The van der Waals surface area contributed by atoms with Gasteiger partial charge in [0.1, 0.15) is 0 Å². The van der Waals surface area contributed by atoms with Crippen molar-refractivity contribution in [3.05, 3.63) is 46.2 Å². The first kappa shape index (κ1) is 13.2. The van der Waals surface area contributed by atoms with E-state index in [0.29, 0.717) is 13.0 Å². The van der Waals surface area contributed by atoms with Gasteiger partial charge >= 0.3 is 5.97 Å². The quantitative estimate of drug-likeness (QED) is 0.857. The minimum absolute atomic E-state index is 0.111. The highest BCUT2D eigenvalue weighted by molar-refractivity contribution is 7.11. The summed E-state index contributed by atoms with van der Waals surface area (Å²) in [6, 6.07) is 5.58. The Balaban J connectivity index is 1.85. The standard InChI is InChI=1S/C12H11N3O3S/c16-10(11-15-9(7-19-11)12(17)18)14-6-4-8-3-1-2-5-13-8/h1-3,5,7H,4,6H2,(H,14,16)(H,17,18). The van der Waals surface area contributed by atoms with Gasteiger partial charge in [-0.05, 0) is 12.1 Å². The molecule has 0 aliphatic carbocycles. The number of aromatic carboxylic acids is 1. The third-order valence-electron chi connectivity index (χ3n) is 2.31. The van der Waals surface area contributed by atoms with Crippen molar-refractivity contribution in [2.24, 2.45) is 0 Å². The van der Waals surface area contributed by atoms with Gasteiger partial charge in [0.05, 0.1) is 0 Å². The van der Waals surface area contributed by atoms with E-state index in [1.165, 1.54) is 5.38 Å². The van der Waals surface area contributed by atoms with E-state index in [9.17, 15) is 9.59 Å². The van der Waals surface area contributed by atoms with Crippen molar-refractivity contribution in [3.8, 4) is 0 Å². The van der Waals surface area contributed by atoms with Crippen molar-refractivity contribution in [2.45, 2.75) is 6.42 Å². The fourth-order valence-electron chi connectivity index (χ4n) is 1.40. The molecule has 2 heterocycles. The highest BCUT2D eigenvalue weighted by Crippen LogP contribution is 2.09. The molecule has 2 N–H and O–H groups in total. The average Bonchev–Trinajstić information content (AvgIpc) is 2.89. The number of hydrogen-bond donors (Lipinski definition) is 2. The number of carbonyl (C=O) groups excluding carboxylic acids is 1. The third kappa shape index (κ3) is 3.59. The van der Waals surface area contributed by atoms with Crippen LogP contribution in [-0.2, 0) is 6.42 Å². The summed E-state index contributed by atoms with van der Waals surface area (Å²) in [5.41, 5.74) is 0.771. The van der Waals surface area contributed by atoms with Gasteiger partial charge in [-0.2, -0.15) is 0 Å². The zero-order chi connectivity index (χ0) is 13.7. The van der Waals surface area contributed by atoms with Gasteiger partial charge in [-0.3, -0.25) is 9.78 Å². The lowest BCUT2D eigenvalue weighted by molar-refractivity contribution is 0.0691. The first-order valence-corrected chi connectivity index (χ1v) is 6.41. The minimum Gasteiger partial charge on any atom is -0.476 e. The lowest BCUT2D eigenvalue weighted by atomic mass is 10.3. The topological polar surface area (TPSA) is 92.2 Å². The first-order valence-electron chi connectivity index (χ1n) is 5.54. The fourth-order valence-corrected chi connectivity index (χ4v) is 2.11. The summed E-state index contributed by atoms with van der Waals surface area (Å²) in [7, 11) is 0. The van der Waals surface area contributed by atoms with Crippen LogP contribution in [0, 0.1) is 0 Å². The molecule has 0 saturated heterocycles. The molecule has 0 saturated carbocycles. The van der Waals surface area contributed by atoms with E-state index in [1.807, 2.05) is 18.2 Å². The second kappa shape index (κ2) is 6.05. The van der Waals surface area contributed by atoms with Crippen LogP contribution in [-0.4, -0.2) is 33.5 Å². The summed E-state index contributed by atoms with van der Waals surface area (Å²) in [5, 5.41) is 12.9. The molecular formula is C12H11N3O3S. The maximum absolute atomic E-state index is 11.7. The van der Waals surface area contributed by atoms with E-state index < -0.39 is 5.97 Å². The third-order valence-corrected chi connectivity index (χ3v) is 3.15. The summed E-state index contributed by atoms with van der Waals surface area (Å²) >= 11 is 1.01. The molecule has 7 heteroatoms. The van der Waals surface area contributed by atoms with Crippen molar-refractivity contribution in [3.63, 3.8) is 0 Å². The van der Waals surface area contributed by atoms with Gasteiger partial charge in [-0.15, -0.1) is 11.3 Å². The number of amides is 1. The second-order valence-electron chi connectivity index (χ2n) is 3.67. The van der Waals surface area contributed by atoms with E-state index in [4.69, 9.17) is 5.11 Å². The molecule has 0 bridgehead atoms. The molecule has 19 heavy (non-hydrogen) atoms. The molecule has 6 nitrogen and oxygen atoms in total. The molecule has 2 rings (SSSR count). The number of pyridine rings is 1. The molecule has 0 aliphatic heterocycles. The number of hydrogen-bond acceptors (Lipinski definition) is 5. The monoisotopic (exact) mass is 277 g/mol. The van der Waals surface area contributed by atoms with Crippen LogP contribution in [0.15, 0.2) is 29.8 Å². The van der Waals surface area contributed by atoms with Crippen LogP contribution in [0.1, 0.15) is 26.0 Å². The van der Waals surface area contributed by atoms with Gasteiger partial charge in [-0.25, -0.2) is 9.78 Å². The molecule has 98 valence electrons. The van der Waals surface area contributed by atoms with Crippen molar-refractivity contribution >= 4 is 23.2 Å². The maximum Gasteiger partial charge on any atom is 0.355 e. The predicted octanol–water partition coefficient (Wildman–Crippen LogP) is 1.21. The molecular weight excluding hydrogens is 266 g/mol. The van der Waals surface area contributed by atoms with E-state index in [2.05, 4.69) is 15.3 Å². The summed E-state index contributed by atoms with van der Waals surface area (Å²) < 4.78 is 0. The van der Waals surface area contributed by atoms with Crippen LogP contribution < -0.4 is 5.32 Å². The molecule has 2 aromatic heterocycles. The Morgan fingerprint density at radius 3 is 2.84 bits per heavy atom. The number of thiazole rings is 1. The Hall–Kier alpha value is -2.28. The molecule has 0 atom stereocenters. The maximum atomic E-state index is 11.7. The highest BCUT2D eigenvalue weighted by Gasteiger charge is 2.14. The molecule has 0 unspecified atom stereocenters. The molecule has 0 spiro atoms. The zero-order valence-electron chi connectivity index (χ0n) is 9.87. The van der Waals surface area contributed by atoms with Crippen molar-refractivity contribution in [1.29, 1.82) is 0 Å². The van der Waals surface area contributed by atoms with Crippen LogP contribution in [0.4, 0.5) is 0 Å². The van der Waals surface area contributed by atoms with Crippen LogP contribution in [0.2, 0.25) is 0 Å². The number of carboxylic acids is 1. The van der Waals surface area contributed by atoms with E-state index in [-0.39, 0.29) is 16.6 Å². The van der Waals surface area contributed by atoms with Gasteiger partial charge < -0.3 is 10.4 Å². The Kier molecular flexibility index (Phi) is 4.19. The smallest absolute Gasteiger partial charge is 0.355 e. The van der Waals surface area contributed by atoms with Crippen LogP contribution >= 0.6 is 11.3 Å². The van der Waals surface area contributed by atoms with Gasteiger partial charge in [0.15, 0.2) is 10.7 Å². The molecule has 0 fully saturated rings. The number of rotatable bonds is 5. The summed E-state index contributed by atoms with van der Waals surface area (Å²) in [6.45, 7) is 0.428. The van der Waals surface area contributed by atoms with Crippen molar-refractivity contribution in [1.82, 2.24) is 15.3 Å². The summed E-state index contributed by atoms with van der Waals surface area (Å²) in [5.74, 6) is -1.50. The molecule has 0 aliphatic rings. The SMILES string of the molecule is O=C(O)c1csc(C(=O)NCCc2ccccn2)n1. The van der Waals surface area contributed by atoms with E-state index in [1.54, 1.807) is 6.20 Å². The minimum atomic E-state index is -1.14. The van der Waals surface area contributed by atoms with Crippen LogP contribution in [0.5, 0.6) is 0 Å². The second-order valence-corrected chi connectivity index (χ2v) is 4.53.